The summed E-state index contributed by atoms with van der Waals surface area (Å²) in [5, 5.41) is 31.4. The van der Waals surface area contributed by atoms with E-state index in [2.05, 4.69) is 58.1 Å². The lowest BCUT2D eigenvalue weighted by Gasteiger charge is -2.39. The summed E-state index contributed by atoms with van der Waals surface area (Å²) in [6, 6.07) is 48.8. The fourth-order valence-corrected chi connectivity index (χ4v) is 13.4. The molecule has 0 spiro atoms. The van der Waals surface area contributed by atoms with Crippen LogP contribution in [-0.4, -0.2) is 130 Å². The van der Waals surface area contributed by atoms with Gasteiger partial charge in [-0.25, -0.2) is 27.2 Å². The SMILES string of the molecule is CCOCc1cc(OC)c(-c2ncc(C[C@H](NC(=O)c3c(F)cc(N[C@H](CC)C(F)(F)F)cc3F)C(=O)O)c3ccccc23)c(OC)c1.CC[C@@H](Nc1cc(F)c(C(=O)O)c(F)c1)C(F)(F)F.COCc1cc(OC)c(-c2ncc(C[C@H](NC(c3ccccc3)(c3ccccc3)c3ccccc3)C(=O)OC)c3ccccc23)c(OC)c1.[3H-]. The van der Waals surface area contributed by atoms with Crippen molar-refractivity contribution in [3.8, 4) is 45.5 Å². The molecule has 0 aliphatic heterocycles. The zero-order chi connectivity index (χ0) is 84.2. The maximum Gasteiger partial charge on any atom is 0.408 e. The third-order valence-electron chi connectivity index (χ3n) is 18.9. The van der Waals surface area contributed by atoms with Gasteiger partial charge in [0.25, 0.3) is 5.91 Å². The van der Waals surface area contributed by atoms with Crippen LogP contribution in [-0.2, 0) is 55.4 Å². The molecule has 19 nitrogen and oxygen atoms in total. The highest BCUT2D eigenvalue weighted by molar-refractivity contribution is 6.02. The molecule has 0 aliphatic rings. The Hall–Kier alpha value is -12.3. The first-order chi connectivity index (χ1) is 55.5. The molecule has 116 heavy (non-hydrogen) atoms. The summed E-state index contributed by atoms with van der Waals surface area (Å²) in [5.41, 5.74) is 4.24. The van der Waals surface area contributed by atoms with Gasteiger partial charge in [0.2, 0.25) is 0 Å². The van der Waals surface area contributed by atoms with E-state index < -0.39 is 112 Å². The van der Waals surface area contributed by atoms with Gasteiger partial charge in [-0.1, -0.05) is 153 Å². The van der Waals surface area contributed by atoms with Crippen molar-refractivity contribution in [2.45, 2.75) is 102 Å². The van der Waals surface area contributed by atoms with Crippen molar-refractivity contribution in [1.82, 2.24) is 20.6 Å². The van der Waals surface area contributed by atoms with E-state index in [4.69, 9.17) is 43.2 Å². The van der Waals surface area contributed by atoms with E-state index in [0.717, 1.165) is 49.7 Å². The van der Waals surface area contributed by atoms with Gasteiger partial charge < -0.3 is 60.7 Å². The normalized spacial score (nSPS) is 12.5. The zero-order valence-electron chi connectivity index (χ0n) is 65.4. The van der Waals surface area contributed by atoms with Crippen molar-refractivity contribution >= 4 is 56.7 Å². The fourth-order valence-electron chi connectivity index (χ4n) is 13.4. The molecule has 0 saturated carbocycles. The number of benzene rings is 9. The summed E-state index contributed by atoms with van der Waals surface area (Å²) in [6.45, 7) is 5.62. The number of aliphatic carboxylic acids is 1. The Morgan fingerprint density at radius 2 is 0.819 bits per heavy atom. The van der Waals surface area contributed by atoms with Crippen LogP contribution in [0.25, 0.3) is 44.1 Å². The number of halogens is 10. The van der Waals surface area contributed by atoms with Crippen molar-refractivity contribution in [2.24, 2.45) is 0 Å². The summed E-state index contributed by atoms with van der Waals surface area (Å²) in [7, 11) is 9.35. The number of amides is 1. The third-order valence-corrected chi connectivity index (χ3v) is 18.9. The maximum atomic E-state index is 14.9. The molecule has 0 aliphatic carbocycles. The lowest BCUT2D eigenvalue weighted by atomic mass is 9.76. The molecule has 0 radical (unpaired) electrons. The Bertz CT molecular complexity index is 5060. The minimum atomic E-state index is -4.68. The number of hydrogen-bond donors (Lipinski definition) is 6. The van der Waals surface area contributed by atoms with Crippen molar-refractivity contribution in [2.75, 3.05) is 59.9 Å². The van der Waals surface area contributed by atoms with E-state index in [9.17, 15) is 68.2 Å². The molecule has 1 amide bonds. The first-order valence-electron chi connectivity index (χ1n) is 36.3. The first-order valence-corrected chi connectivity index (χ1v) is 36.3. The predicted molar refractivity (Wildman–Crippen MR) is 419 cm³/mol. The number of carboxylic acid groups (broad SMARTS) is 2. The number of carbonyl (C=O) groups is 4. The van der Waals surface area contributed by atoms with Crippen molar-refractivity contribution in [3.05, 3.63) is 274 Å². The van der Waals surface area contributed by atoms with Crippen LogP contribution in [0.3, 0.4) is 0 Å². The second-order valence-electron chi connectivity index (χ2n) is 26.2. The largest absolute Gasteiger partial charge is 1.00 e. The number of carbonyl (C=O) groups excluding carboxylic acids is 2. The number of hydrogen-bond acceptors (Lipinski definition) is 16. The quantitative estimate of drug-likeness (QED) is 0.0134. The number of rotatable bonds is 31. The standard InChI is InChI=1S/C42H40N2O5.C34H34F5N3O6.C11H10F5NO2.H/c1-46-28-29-24-37(47-2)39(38(25-29)48-3)40-35-23-15-14-22-34(35)30(27-43-40)26-36(41(45)49-4)44-42(31-16-8-5-9-17-31,32-18-10-6-11-19-32)33-20-12-7-13-21-33;1-5-28(34(37,38)39)41-20-14-23(35)29(24(36)15-20)32(43)42-25(33(44)45)13-19-16-40-31(22-10-8-7-9-21(19)22)30-26(46-3)11-18(17-48-6-2)12-27(30)47-4;1-2-8(11(14,15)16)17-5-3-6(12)9(10(18)19)7(13)4-5;/h5-25,27,36,44H,26,28H2,1-4H3;7-12,14-16,25,28,41H,5-6,13,17H2,1-4H3,(H,42,43)(H,44,45);3-4,8,17H,2H2,1H3,(H,18,19);/q;;;-1/t36-;25-,28+;8-;/m001./s1/i;;;1+2. The Kier molecular flexibility index (Phi) is 29.9. The number of fused-ring (bicyclic) bond motifs is 2. The number of alkyl halides is 6. The summed E-state index contributed by atoms with van der Waals surface area (Å²) < 4.78 is 173. The summed E-state index contributed by atoms with van der Waals surface area (Å²) in [5.74, 6) is -8.75. The van der Waals surface area contributed by atoms with Gasteiger partial charge in [0.05, 0.1) is 76.8 Å². The number of ether oxygens (including phenoxy) is 7. The molecule has 2 aromatic heterocycles. The van der Waals surface area contributed by atoms with E-state index in [1.807, 2.05) is 109 Å². The van der Waals surface area contributed by atoms with Crippen LogP contribution >= 0.6 is 0 Å². The molecule has 9 aromatic carbocycles. The molecule has 612 valence electrons. The Morgan fingerprint density at radius 1 is 0.466 bits per heavy atom. The Morgan fingerprint density at radius 3 is 1.15 bits per heavy atom. The van der Waals surface area contributed by atoms with Crippen LogP contribution in [0.2, 0.25) is 0 Å². The number of nitrogens with zero attached hydrogens (tertiary/aromatic N) is 2. The number of pyridine rings is 2. The number of methoxy groups -OCH3 is 6. The lowest BCUT2D eigenvalue weighted by molar-refractivity contribution is -0.144. The second kappa shape index (κ2) is 39.6. The van der Waals surface area contributed by atoms with E-state index in [0.29, 0.717) is 107 Å². The summed E-state index contributed by atoms with van der Waals surface area (Å²) >= 11 is 0. The number of aromatic carboxylic acids is 1. The summed E-state index contributed by atoms with van der Waals surface area (Å²) in [4.78, 5) is 59.2. The van der Waals surface area contributed by atoms with Crippen LogP contribution in [0.5, 0.6) is 23.0 Å². The van der Waals surface area contributed by atoms with Crippen LogP contribution in [0.4, 0.5) is 55.3 Å². The molecule has 2 heterocycles. The molecule has 0 fully saturated rings. The molecular formula is C87H85F10N6O13-. The van der Waals surface area contributed by atoms with Crippen molar-refractivity contribution < 1.29 is 108 Å². The van der Waals surface area contributed by atoms with E-state index in [1.54, 1.807) is 57.7 Å². The van der Waals surface area contributed by atoms with Gasteiger partial charge in [0, 0.05) is 61.1 Å². The molecule has 4 atom stereocenters. The lowest BCUT2D eigenvalue weighted by Crippen LogP contribution is -2.53. The van der Waals surface area contributed by atoms with Gasteiger partial charge >= 0.3 is 30.3 Å². The second-order valence-corrected chi connectivity index (χ2v) is 26.2. The van der Waals surface area contributed by atoms with Gasteiger partial charge in [-0.05, 0) is 118 Å². The minimum Gasteiger partial charge on any atom is -1.00 e. The molecule has 0 unspecified atom stereocenters. The van der Waals surface area contributed by atoms with E-state index in [1.165, 1.54) is 41.4 Å². The number of anilines is 2. The zero-order valence-corrected chi connectivity index (χ0v) is 64.4. The first kappa shape index (κ1) is 87.6. The Balaban J connectivity index is 0.000000238. The van der Waals surface area contributed by atoms with Crippen LogP contribution in [0.15, 0.2) is 200 Å². The fraction of sp³-hybridized carbons (Fsp3) is 0.264. The highest BCUT2D eigenvalue weighted by atomic mass is 19.4. The number of carboxylic acids is 2. The topological polar surface area (TPSA) is 247 Å². The molecule has 0 saturated heterocycles. The van der Waals surface area contributed by atoms with Crippen molar-refractivity contribution in [1.29, 1.82) is 0 Å². The average Bonchev–Trinajstić information content (AvgIpc) is 0.760. The Labute approximate surface area is 663 Å². The highest BCUT2D eigenvalue weighted by Gasteiger charge is 2.43. The van der Waals surface area contributed by atoms with Crippen LogP contribution < -0.4 is 40.2 Å². The highest BCUT2D eigenvalue weighted by Crippen LogP contribution is 2.46. The summed E-state index contributed by atoms with van der Waals surface area (Å²) in [6.07, 6.45) is -6.76. The third kappa shape index (κ3) is 20.6. The molecular weight excluding hydrogens is 1530 g/mol. The monoisotopic (exact) mass is 1610 g/mol. The minimum absolute atomic E-state index is 0. The molecule has 6 N–H and O–H groups in total. The van der Waals surface area contributed by atoms with Crippen LogP contribution in [0, 0.1) is 23.3 Å². The van der Waals surface area contributed by atoms with Gasteiger partial charge in [0.1, 0.15) is 81.6 Å². The molecule has 11 aromatic rings. The number of nitrogens with one attached hydrogen (secondary N) is 4. The maximum absolute atomic E-state index is 14.9. The molecule has 0 bridgehead atoms. The van der Waals surface area contributed by atoms with Gasteiger partial charge in [-0.15, -0.1) is 0 Å². The molecule has 29 heteroatoms. The van der Waals surface area contributed by atoms with E-state index >= 15 is 0 Å². The van der Waals surface area contributed by atoms with Gasteiger partial charge in [-0.2, -0.15) is 26.3 Å². The van der Waals surface area contributed by atoms with Gasteiger partial charge in [-0.3, -0.25) is 24.9 Å². The predicted octanol–water partition coefficient (Wildman–Crippen LogP) is 18.2. The smallest absolute Gasteiger partial charge is 0.408 e. The number of esters is 1. The van der Waals surface area contributed by atoms with Gasteiger partial charge in [0.15, 0.2) is 0 Å². The average molecular weight is 1610 g/mol. The van der Waals surface area contributed by atoms with E-state index in [-0.39, 0.29) is 20.2 Å². The molecule has 11 rings (SSSR count). The van der Waals surface area contributed by atoms with Crippen LogP contribution in [0.1, 0.15) is 94.7 Å². The number of aromatic nitrogens is 2. The van der Waals surface area contributed by atoms with Crippen molar-refractivity contribution in [3.63, 3.8) is 0 Å².